The van der Waals surface area contributed by atoms with Crippen molar-refractivity contribution in [2.75, 3.05) is 6.54 Å². The lowest BCUT2D eigenvalue weighted by Gasteiger charge is -2.25. The molecular weight excluding hydrogens is 502 g/mol. The molecule has 0 saturated carbocycles. The van der Waals surface area contributed by atoms with E-state index < -0.39 is 60.2 Å². The van der Waals surface area contributed by atoms with Gasteiger partial charge < -0.3 is 48.3 Å². The minimum Gasteiger partial charge on any atom is -0.481 e. The molecule has 16 nitrogen and oxygen atoms in total. The second-order valence-corrected chi connectivity index (χ2v) is 8.76. The van der Waals surface area contributed by atoms with Crippen molar-refractivity contribution in [1.82, 2.24) is 25.9 Å². The Bertz CT molecular complexity index is 980. The van der Waals surface area contributed by atoms with E-state index in [4.69, 9.17) is 17.2 Å². The van der Waals surface area contributed by atoms with E-state index in [0.717, 1.165) is 0 Å². The minimum absolute atomic E-state index is 0.0422. The molecule has 38 heavy (non-hydrogen) atoms. The van der Waals surface area contributed by atoms with Crippen LogP contribution in [-0.2, 0) is 30.4 Å². The van der Waals surface area contributed by atoms with Crippen LogP contribution >= 0.6 is 0 Å². The lowest BCUT2D eigenvalue weighted by atomic mass is 9.98. The lowest BCUT2D eigenvalue weighted by molar-refractivity contribution is -0.143. The maximum Gasteiger partial charge on any atom is 0.326 e. The van der Waals surface area contributed by atoms with E-state index in [1.165, 1.54) is 12.5 Å². The first-order valence-corrected chi connectivity index (χ1v) is 12.0. The molecule has 1 aromatic heterocycles. The van der Waals surface area contributed by atoms with Crippen LogP contribution in [0.2, 0.25) is 0 Å². The molecule has 0 spiro atoms. The zero-order chi connectivity index (χ0) is 28.8. The molecule has 0 fully saturated rings. The van der Waals surface area contributed by atoms with Crippen molar-refractivity contribution in [2.24, 2.45) is 28.1 Å². The number of imidazole rings is 1. The van der Waals surface area contributed by atoms with Gasteiger partial charge in [-0.2, -0.15) is 0 Å². The monoisotopic (exact) mass is 539 g/mol. The van der Waals surface area contributed by atoms with Crippen LogP contribution in [0, 0.1) is 5.92 Å². The van der Waals surface area contributed by atoms with E-state index in [1.807, 2.05) is 6.92 Å². The lowest BCUT2D eigenvalue weighted by Crippen LogP contribution is -2.58. The topological polar surface area (TPSA) is 281 Å². The third kappa shape index (κ3) is 11.2. The fourth-order valence-electron chi connectivity index (χ4n) is 3.30. The van der Waals surface area contributed by atoms with E-state index >= 15 is 0 Å². The van der Waals surface area contributed by atoms with Gasteiger partial charge in [0.1, 0.15) is 18.1 Å². The number of nitrogens with two attached hydrogens (primary N) is 3. The van der Waals surface area contributed by atoms with Crippen molar-refractivity contribution in [3.05, 3.63) is 18.2 Å². The maximum atomic E-state index is 13.1. The fourth-order valence-corrected chi connectivity index (χ4v) is 3.30. The summed E-state index contributed by atoms with van der Waals surface area (Å²) in [5.74, 6) is -5.64. The number of carboxylic acid groups (broad SMARTS) is 2. The number of hydrogen-bond donors (Lipinski definition) is 9. The number of amides is 3. The number of H-pyrrole nitrogens is 1. The van der Waals surface area contributed by atoms with Crippen LogP contribution < -0.4 is 33.2 Å². The van der Waals surface area contributed by atoms with Crippen molar-refractivity contribution in [1.29, 1.82) is 0 Å². The van der Waals surface area contributed by atoms with E-state index in [2.05, 4.69) is 30.9 Å². The van der Waals surface area contributed by atoms with E-state index in [9.17, 15) is 34.2 Å². The van der Waals surface area contributed by atoms with Gasteiger partial charge in [0.05, 0.1) is 18.8 Å². The molecule has 1 aromatic rings. The van der Waals surface area contributed by atoms with Crippen LogP contribution in [0.25, 0.3) is 0 Å². The molecule has 0 bridgehead atoms. The highest BCUT2D eigenvalue weighted by Gasteiger charge is 2.32. The first kappa shape index (κ1) is 31.8. The summed E-state index contributed by atoms with van der Waals surface area (Å²) in [5, 5.41) is 25.8. The number of guanidine groups is 1. The molecule has 12 N–H and O–H groups in total. The molecule has 5 atom stereocenters. The third-order valence-electron chi connectivity index (χ3n) is 5.74. The summed E-state index contributed by atoms with van der Waals surface area (Å²) < 4.78 is 0. The Morgan fingerprint density at radius 3 is 2.16 bits per heavy atom. The number of hydrogen-bond acceptors (Lipinski definition) is 8. The number of aromatic nitrogens is 2. The van der Waals surface area contributed by atoms with E-state index in [-0.39, 0.29) is 37.7 Å². The Morgan fingerprint density at radius 2 is 1.63 bits per heavy atom. The summed E-state index contributed by atoms with van der Waals surface area (Å²) in [6, 6.07) is -5.18. The quantitative estimate of drug-likeness (QED) is 0.0561. The van der Waals surface area contributed by atoms with Crippen LogP contribution in [0.5, 0.6) is 0 Å². The molecule has 0 radical (unpaired) electrons. The SMILES string of the molecule is CCC(C)C(N)C(=O)NC(CCCN=C(N)N)C(=O)NC(CC(=O)O)C(=O)NC(Cc1cnc[nH]1)C(=O)O. The van der Waals surface area contributed by atoms with Crippen molar-refractivity contribution >= 4 is 35.6 Å². The first-order valence-electron chi connectivity index (χ1n) is 12.0. The smallest absolute Gasteiger partial charge is 0.326 e. The highest BCUT2D eigenvalue weighted by atomic mass is 16.4. The van der Waals surface area contributed by atoms with Gasteiger partial charge in [0, 0.05) is 24.9 Å². The van der Waals surface area contributed by atoms with Gasteiger partial charge in [-0.15, -0.1) is 0 Å². The van der Waals surface area contributed by atoms with Crippen molar-refractivity contribution in [3.8, 4) is 0 Å². The van der Waals surface area contributed by atoms with Crippen molar-refractivity contribution in [3.63, 3.8) is 0 Å². The molecule has 212 valence electrons. The van der Waals surface area contributed by atoms with Crippen LogP contribution in [0.3, 0.4) is 0 Å². The number of aliphatic imine (C=N–C) groups is 1. The second-order valence-electron chi connectivity index (χ2n) is 8.76. The van der Waals surface area contributed by atoms with Gasteiger partial charge in [0.15, 0.2) is 5.96 Å². The summed E-state index contributed by atoms with van der Waals surface area (Å²) in [6.45, 7) is 3.77. The molecule has 16 heteroatoms. The van der Waals surface area contributed by atoms with E-state index in [0.29, 0.717) is 12.1 Å². The van der Waals surface area contributed by atoms with Crippen LogP contribution in [0.4, 0.5) is 0 Å². The predicted octanol–water partition coefficient (Wildman–Crippen LogP) is -2.61. The van der Waals surface area contributed by atoms with Crippen molar-refractivity contribution in [2.45, 2.75) is 70.1 Å². The van der Waals surface area contributed by atoms with Crippen LogP contribution in [0.15, 0.2) is 17.5 Å². The normalized spacial score (nSPS) is 14.7. The second kappa shape index (κ2) is 15.8. The highest BCUT2D eigenvalue weighted by Crippen LogP contribution is 2.08. The number of carbonyl (C=O) groups is 5. The van der Waals surface area contributed by atoms with Gasteiger partial charge in [-0.25, -0.2) is 9.78 Å². The van der Waals surface area contributed by atoms with Gasteiger partial charge in [-0.1, -0.05) is 20.3 Å². The van der Waals surface area contributed by atoms with Gasteiger partial charge >= 0.3 is 11.9 Å². The zero-order valence-corrected chi connectivity index (χ0v) is 21.3. The summed E-state index contributed by atoms with van der Waals surface area (Å²) in [6.07, 6.45) is 2.62. The van der Waals surface area contributed by atoms with Crippen LogP contribution in [0.1, 0.15) is 45.2 Å². The zero-order valence-electron chi connectivity index (χ0n) is 21.3. The number of carboxylic acids is 2. The molecule has 0 saturated heterocycles. The number of carbonyl (C=O) groups excluding carboxylic acids is 3. The molecular formula is C22H37N9O7. The summed E-state index contributed by atoms with van der Waals surface area (Å²) in [7, 11) is 0. The Kier molecular flexibility index (Phi) is 13.2. The minimum atomic E-state index is -1.64. The molecule has 0 aliphatic heterocycles. The highest BCUT2D eigenvalue weighted by molar-refractivity contribution is 5.95. The molecule has 0 aliphatic carbocycles. The summed E-state index contributed by atoms with van der Waals surface area (Å²) in [4.78, 5) is 71.9. The molecule has 3 amide bonds. The number of nitrogens with zero attached hydrogens (tertiary/aromatic N) is 2. The fraction of sp³-hybridized carbons (Fsp3) is 0.591. The Balaban J connectivity index is 3.04. The number of nitrogens with one attached hydrogen (secondary N) is 4. The van der Waals surface area contributed by atoms with Gasteiger partial charge in [0.25, 0.3) is 0 Å². The Morgan fingerprint density at radius 1 is 1.03 bits per heavy atom. The van der Waals surface area contributed by atoms with Gasteiger partial charge in [-0.3, -0.25) is 24.2 Å². The van der Waals surface area contributed by atoms with Crippen molar-refractivity contribution < 1.29 is 34.2 Å². The first-order chi connectivity index (χ1) is 17.8. The predicted molar refractivity (Wildman–Crippen MR) is 135 cm³/mol. The summed E-state index contributed by atoms with van der Waals surface area (Å²) in [5.41, 5.74) is 17.0. The molecule has 1 rings (SSSR count). The average Bonchev–Trinajstić information content (AvgIpc) is 3.36. The average molecular weight is 540 g/mol. The Hall–Kier alpha value is -4.21. The standard InChI is InChI=1S/C22H37N9O7/c1-3-11(2)17(23)20(36)29-13(5-4-6-27-22(24)25)18(34)30-14(8-16(32)33)19(35)31-15(21(37)38)7-12-9-26-10-28-12/h9-11,13-15,17H,3-8,23H2,1-2H3,(H,26,28)(H,29,36)(H,30,34)(H,31,35)(H,32,33)(H,37,38)(H4,24,25,27). The number of rotatable bonds is 17. The molecule has 0 aromatic carbocycles. The molecule has 1 heterocycles. The maximum absolute atomic E-state index is 13.1. The Labute approximate surface area is 219 Å². The third-order valence-corrected chi connectivity index (χ3v) is 5.74. The molecule has 0 aliphatic rings. The largest absolute Gasteiger partial charge is 0.481 e. The van der Waals surface area contributed by atoms with E-state index in [1.54, 1.807) is 6.92 Å². The summed E-state index contributed by atoms with van der Waals surface area (Å²) >= 11 is 0. The van der Waals surface area contributed by atoms with Crippen LogP contribution in [-0.4, -0.2) is 86.5 Å². The van der Waals surface area contributed by atoms with Gasteiger partial charge in [-0.05, 0) is 18.8 Å². The van der Waals surface area contributed by atoms with Gasteiger partial charge in [0.2, 0.25) is 17.7 Å². The number of aromatic amines is 1. The molecule has 5 unspecified atom stereocenters. The number of aliphatic carboxylic acids is 2.